The summed E-state index contributed by atoms with van der Waals surface area (Å²) in [6.07, 6.45) is 6.24. The first-order valence-corrected chi connectivity index (χ1v) is 10.9. The molecule has 0 radical (unpaired) electrons. The number of hydrogen-bond donors (Lipinski definition) is 1. The molecule has 0 aromatic heterocycles. The fourth-order valence-electron chi connectivity index (χ4n) is 3.38. The van der Waals surface area contributed by atoms with Gasteiger partial charge in [0.2, 0.25) is 5.91 Å². The van der Waals surface area contributed by atoms with E-state index in [-0.39, 0.29) is 11.8 Å². The molecule has 1 fully saturated rings. The number of anilines is 1. The van der Waals surface area contributed by atoms with Crippen LogP contribution in [0.3, 0.4) is 0 Å². The van der Waals surface area contributed by atoms with Crippen molar-refractivity contribution in [3.8, 4) is 11.5 Å². The first kappa shape index (κ1) is 22.4. The van der Waals surface area contributed by atoms with E-state index < -0.39 is 0 Å². The minimum Gasteiger partial charge on any atom is -0.490 e. The van der Waals surface area contributed by atoms with Crippen LogP contribution in [0, 0.1) is 0 Å². The van der Waals surface area contributed by atoms with Gasteiger partial charge in [-0.05, 0) is 74.2 Å². The van der Waals surface area contributed by atoms with E-state index in [0.29, 0.717) is 36.0 Å². The van der Waals surface area contributed by atoms with E-state index in [4.69, 9.17) is 9.47 Å². The molecule has 6 nitrogen and oxygen atoms in total. The summed E-state index contributed by atoms with van der Waals surface area (Å²) < 4.78 is 11.4. The molecule has 164 valence electrons. The quantitative estimate of drug-likeness (QED) is 0.592. The van der Waals surface area contributed by atoms with Crippen LogP contribution in [-0.2, 0) is 4.79 Å². The number of hydrogen-bond acceptors (Lipinski definition) is 4. The normalized spacial score (nSPS) is 13.4. The second-order valence-electron chi connectivity index (χ2n) is 7.39. The Morgan fingerprint density at radius 1 is 1.00 bits per heavy atom. The Bertz CT molecular complexity index is 916. The van der Waals surface area contributed by atoms with Crippen molar-refractivity contribution in [3.63, 3.8) is 0 Å². The number of carbonyl (C=O) groups excluding carboxylic acids is 2. The smallest absolute Gasteiger partial charge is 0.253 e. The van der Waals surface area contributed by atoms with Gasteiger partial charge in [0.25, 0.3) is 5.91 Å². The Kier molecular flexibility index (Phi) is 8.10. The minimum absolute atomic E-state index is 0.0479. The van der Waals surface area contributed by atoms with Crippen LogP contribution < -0.4 is 14.8 Å². The average Bonchev–Trinajstić information content (AvgIpc) is 3.32. The molecule has 6 heteroatoms. The van der Waals surface area contributed by atoms with Gasteiger partial charge >= 0.3 is 0 Å². The molecule has 2 amide bonds. The molecular weight excluding hydrogens is 392 g/mol. The molecule has 0 saturated carbocycles. The molecule has 1 aliphatic heterocycles. The highest BCUT2D eigenvalue weighted by molar-refractivity contribution is 6.02. The molecule has 0 spiro atoms. The summed E-state index contributed by atoms with van der Waals surface area (Å²) in [7, 11) is 0. The van der Waals surface area contributed by atoms with Gasteiger partial charge in [-0.1, -0.05) is 13.0 Å². The molecule has 2 aromatic rings. The molecule has 0 aliphatic carbocycles. The zero-order chi connectivity index (χ0) is 22.1. The van der Waals surface area contributed by atoms with Crippen LogP contribution in [-0.4, -0.2) is 43.0 Å². The predicted octanol–water partition coefficient (Wildman–Crippen LogP) is 4.76. The number of carbonyl (C=O) groups is 2. The molecule has 1 heterocycles. The van der Waals surface area contributed by atoms with Gasteiger partial charge in [0.15, 0.2) is 11.5 Å². The van der Waals surface area contributed by atoms with Crippen molar-refractivity contribution in [2.75, 3.05) is 31.6 Å². The first-order chi connectivity index (χ1) is 15.1. The SMILES string of the molecule is CCCOc1ccc(/C=C/C(=O)Nc2ccc(C(=O)N3CCCC3)cc2)cc1OCC. The summed E-state index contributed by atoms with van der Waals surface area (Å²) in [5.74, 6) is 1.17. The van der Waals surface area contributed by atoms with Crippen molar-refractivity contribution in [1.82, 2.24) is 4.90 Å². The van der Waals surface area contributed by atoms with E-state index in [1.165, 1.54) is 6.08 Å². The van der Waals surface area contributed by atoms with Crippen LogP contribution in [0.4, 0.5) is 5.69 Å². The number of likely N-dealkylation sites (tertiary alicyclic amines) is 1. The molecule has 0 bridgehead atoms. The second-order valence-corrected chi connectivity index (χ2v) is 7.39. The van der Waals surface area contributed by atoms with Crippen molar-refractivity contribution in [2.24, 2.45) is 0 Å². The Morgan fingerprint density at radius 2 is 1.74 bits per heavy atom. The molecule has 1 aliphatic rings. The van der Waals surface area contributed by atoms with Crippen LogP contribution in [0.2, 0.25) is 0 Å². The van der Waals surface area contributed by atoms with E-state index in [0.717, 1.165) is 37.9 Å². The molecule has 2 aromatic carbocycles. The highest BCUT2D eigenvalue weighted by Crippen LogP contribution is 2.29. The molecule has 0 atom stereocenters. The van der Waals surface area contributed by atoms with Gasteiger partial charge in [0.1, 0.15) is 0 Å². The van der Waals surface area contributed by atoms with Crippen molar-refractivity contribution >= 4 is 23.6 Å². The summed E-state index contributed by atoms with van der Waals surface area (Å²) >= 11 is 0. The third-order valence-electron chi connectivity index (χ3n) is 4.95. The molecule has 31 heavy (non-hydrogen) atoms. The van der Waals surface area contributed by atoms with Crippen molar-refractivity contribution < 1.29 is 19.1 Å². The zero-order valence-corrected chi connectivity index (χ0v) is 18.2. The van der Waals surface area contributed by atoms with Crippen molar-refractivity contribution in [1.29, 1.82) is 0 Å². The number of ether oxygens (including phenoxy) is 2. The van der Waals surface area contributed by atoms with Crippen LogP contribution in [0.1, 0.15) is 49.0 Å². The van der Waals surface area contributed by atoms with E-state index in [1.54, 1.807) is 30.3 Å². The fourth-order valence-corrected chi connectivity index (χ4v) is 3.38. The molecule has 1 N–H and O–H groups in total. The van der Waals surface area contributed by atoms with Gasteiger partial charge in [-0.25, -0.2) is 0 Å². The topological polar surface area (TPSA) is 67.9 Å². The minimum atomic E-state index is -0.247. The van der Waals surface area contributed by atoms with E-state index in [1.807, 2.05) is 30.0 Å². The summed E-state index contributed by atoms with van der Waals surface area (Å²) in [6.45, 7) is 6.77. The highest BCUT2D eigenvalue weighted by atomic mass is 16.5. The van der Waals surface area contributed by atoms with Crippen LogP contribution in [0.25, 0.3) is 6.08 Å². The molecular formula is C25H30N2O4. The van der Waals surface area contributed by atoms with E-state index >= 15 is 0 Å². The van der Waals surface area contributed by atoms with Gasteiger partial charge in [0, 0.05) is 30.4 Å². The van der Waals surface area contributed by atoms with E-state index in [2.05, 4.69) is 12.2 Å². The standard InChI is InChI=1S/C25H30N2O4/c1-3-17-31-22-13-7-19(18-23(22)30-4-2)8-14-24(28)26-21-11-9-20(10-12-21)25(29)27-15-5-6-16-27/h7-14,18H,3-6,15-17H2,1-2H3,(H,26,28)/b14-8+. The second kappa shape index (κ2) is 11.2. The Hall–Kier alpha value is -3.28. The molecule has 1 saturated heterocycles. The van der Waals surface area contributed by atoms with E-state index in [9.17, 15) is 9.59 Å². The predicted molar refractivity (Wildman–Crippen MR) is 123 cm³/mol. The first-order valence-electron chi connectivity index (χ1n) is 10.9. The van der Waals surface area contributed by atoms with Gasteiger partial charge in [-0.15, -0.1) is 0 Å². The largest absolute Gasteiger partial charge is 0.490 e. The van der Waals surface area contributed by atoms with Gasteiger partial charge in [0.05, 0.1) is 13.2 Å². The molecule has 0 unspecified atom stereocenters. The van der Waals surface area contributed by atoms with Gasteiger partial charge < -0.3 is 19.7 Å². The van der Waals surface area contributed by atoms with Crippen molar-refractivity contribution in [2.45, 2.75) is 33.1 Å². The fraction of sp³-hybridized carbons (Fsp3) is 0.360. The lowest BCUT2D eigenvalue weighted by Gasteiger charge is -2.15. The third-order valence-corrected chi connectivity index (χ3v) is 4.95. The van der Waals surface area contributed by atoms with Gasteiger partial charge in [-0.2, -0.15) is 0 Å². The maximum Gasteiger partial charge on any atom is 0.253 e. The number of nitrogens with one attached hydrogen (secondary N) is 1. The lowest BCUT2D eigenvalue weighted by molar-refractivity contribution is -0.111. The lowest BCUT2D eigenvalue weighted by atomic mass is 10.1. The Balaban J connectivity index is 1.59. The number of benzene rings is 2. The van der Waals surface area contributed by atoms with Gasteiger partial charge in [-0.3, -0.25) is 9.59 Å². The summed E-state index contributed by atoms with van der Waals surface area (Å²) in [5, 5.41) is 2.82. The highest BCUT2D eigenvalue weighted by Gasteiger charge is 2.19. The average molecular weight is 423 g/mol. The summed E-state index contributed by atoms with van der Waals surface area (Å²) in [4.78, 5) is 26.6. The number of rotatable bonds is 9. The van der Waals surface area contributed by atoms with Crippen LogP contribution in [0.15, 0.2) is 48.5 Å². The monoisotopic (exact) mass is 422 g/mol. The number of amides is 2. The summed E-state index contributed by atoms with van der Waals surface area (Å²) in [5.41, 5.74) is 2.13. The lowest BCUT2D eigenvalue weighted by Crippen LogP contribution is -2.27. The number of nitrogens with zero attached hydrogens (tertiary/aromatic N) is 1. The van der Waals surface area contributed by atoms with Crippen molar-refractivity contribution in [3.05, 3.63) is 59.7 Å². The molecule has 3 rings (SSSR count). The Labute approximate surface area is 183 Å². The zero-order valence-electron chi connectivity index (χ0n) is 18.2. The van der Waals surface area contributed by atoms with Crippen LogP contribution in [0.5, 0.6) is 11.5 Å². The maximum absolute atomic E-state index is 12.4. The maximum atomic E-state index is 12.4. The summed E-state index contributed by atoms with van der Waals surface area (Å²) in [6, 6.07) is 12.6. The Morgan fingerprint density at radius 3 is 2.42 bits per heavy atom. The van der Waals surface area contributed by atoms with Crippen LogP contribution >= 0.6 is 0 Å². The third kappa shape index (κ3) is 6.35.